The van der Waals surface area contributed by atoms with Crippen LogP contribution in [0.25, 0.3) is 5.57 Å². The quantitative estimate of drug-likeness (QED) is 0.434. The number of halogens is 1. The van der Waals surface area contributed by atoms with Crippen molar-refractivity contribution in [1.29, 1.82) is 0 Å². The fourth-order valence-corrected chi connectivity index (χ4v) is 4.85. The van der Waals surface area contributed by atoms with Crippen LogP contribution < -0.4 is 9.47 Å². The first-order valence-electron chi connectivity index (χ1n) is 10.5. The maximum absolute atomic E-state index is 13.2. The molecule has 0 bridgehead atoms. The van der Waals surface area contributed by atoms with Crippen molar-refractivity contribution in [3.05, 3.63) is 95.3 Å². The van der Waals surface area contributed by atoms with Crippen LogP contribution in [0.15, 0.2) is 77.7 Å². The maximum atomic E-state index is 13.2. The van der Waals surface area contributed by atoms with E-state index in [2.05, 4.69) is 53.7 Å². The lowest BCUT2D eigenvalue weighted by Crippen LogP contribution is -2.31. The van der Waals surface area contributed by atoms with E-state index in [1.54, 1.807) is 11.9 Å². The molecule has 0 radical (unpaired) electrons. The number of fused-ring (bicyclic) bond motifs is 1. The molecule has 1 unspecified atom stereocenters. The van der Waals surface area contributed by atoms with Gasteiger partial charge in [0.05, 0.1) is 0 Å². The van der Waals surface area contributed by atoms with Crippen LogP contribution in [0.1, 0.15) is 30.0 Å². The third kappa shape index (κ3) is 4.21. The van der Waals surface area contributed by atoms with Crippen LogP contribution in [0.4, 0.5) is 4.39 Å². The topological polar surface area (TPSA) is 21.7 Å². The molecule has 1 atom stereocenters. The van der Waals surface area contributed by atoms with Gasteiger partial charge in [-0.1, -0.05) is 48.0 Å². The Morgan fingerprint density at radius 1 is 0.935 bits per heavy atom. The molecule has 0 saturated heterocycles. The third-order valence-electron chi connectivity index (χ3n) is 5.72. The second-order valence-corrected chi connectivity index (χ2v) is 9.26. The molecule has 5 heteroatoms. The SMILES string of the molecule is Cc1ccc(C2(C)Oc3ccc(SN4CC=C(c5ccc(F)cc5)CC4)cc3O2)cc1. The smallest absolute Gasteiger partial charge is 0.275 e. The summed E-state index contributed by atoms with van der Waals surface area (Å²) in [7, 11) is 0. The molecule has 3 aromatic rings. The van der Waals surface area contributed by atoms with Crippen molar-refractivity contribution < 1.29 is 13.9 Å². The van der Waals surface area contributed by atoms with Gasteiger partial charge >= 0.3 is 0 Å². The van der Waals surface area contributed by atoms with Crippen LogP contribution in [0, 0.1) is 12.7 Å². The van der Waals surface area contributed by atoms with Crippen LogP contribution in [0.5, 0.6) is 11.5 Å². The highest BCUT2D eigenvalue weighted by Gasteiger charge is 2.38. The van der Waals surface area contributed by atoms with Gasteiger partial charge in [-0.15, -0.1) is 0 Å². The number of ether oxygens (including phenoxy) is 2. The van der Waals surface area contributed by atoms with E-state index in [1.165, 1.54) is 23.3 Å². The lowest BCUT2D eigenvalue weighted by Gasteiger charge is -2.25. The number of rotatable bonds is 4. The zero-order chi connectivity index (χ0) is 21.4. The molecule has 2 heterocycles. The summed E-state index contributed by atoms with van der Waals surface area (Å²) in [6.45, 7) is 5.80. The van der Waals surface area contributed by atoms with Crippen molar-refractivity contribution in [2.75, 3.05) is 13.1 Å². The molecule has 2 aliphatic rings. The normalized spacial score (nSPS) is 20.5. The number of aryl methyl sites for hydroxylation is 1. The van der Waals surface area contributed by atoms with Crippen LogP contribution in [0.3, 0.4) is 0 Å². The number of hydrogen-bond acceptors (Lipinski definition) is 4. The molecular formula is C26H24FNO2S. The minimum absolute atomic E-state index is 0.196. The summed E-state index contributed by atoms with van der Waals surface area (Å²) in [6.07, 6.45) is 3.17. The van der Waals surface area contributed by atoms with Crippen molar-refractivity contribution in [2.45, 2.75) is 31.0 Å². The summed E-state index contributed by atoms with van der Waals surface area (Å²) in [4.78, 5) is 1.12. The van der Waals surface area contributed by atoms with Gasteiger partial charge in [0.2, 0.25) is 0 Å². The van der Waals surface area contributed by atoms with Gasteiger partial charge in [-0.25, -0.2) is 8.70 Å². The minimum atomic E-state index is -0.808. The van der Waals surface area contributed by atoms with Crippen LogP contribution >= 0.6 is 11.9 Å². The number of nitrogens with zero attached hydrogens (tertiary/aromatic N) is 1. The average Bonchev–Trinajstić information content (AvgIpc) is 3.12. The summed E-state index contributed by atoms with van der Waals surface area (Å²) >= 11 is 1.72. The van der Waals surface area contributed by atoms with Gasteiger partial charge < -0.3 is 9.47 Å². The predicted molar refractivity (Wildman–Crippen MR) is 123 cm³/mol. The number of benzene rings is 3. The van der Waals surface area contributed by atoms with Crippen molar-refractivity contribution in [2.24, 2.45) is 0 Å². The third-order valence-corrected chi connectivity index (χ3v) is 6.78. The highest BCUT2D eigenvalue weighted by Crippen LogP contribution is 2.46. The summed E-state index contributed by atoms with van der Waals surface area (Å²) in [6, 6.07) is 21.1. The van der Waals surface area contributed by atoms with E-state index < -0.39 is 5.79 Å². The molecule has 158 valence electrons. The second kappa shape index (κ2) is 8.06. The Hall–Kier alpha value is -2.76. The summed E-state index contributed by atoms with van der Waals surface area (Å²) in [5.41, 5.74) is 4.58. The van der Waals surface area contributed by atoms with E-state index in [-0.39, 0.29) is 5.82 Å². The van der Waals surface area contributed by atoms with Gasteiger partial charge in [0.25, 0.3) is 5.79 Å². The largest absolute Gasteiger partial charge is 0.445 e. The Bertz CT molecular complexity index is 1130. The molecule has 0 N–H and O–H groups in total. The first-order chi connectivity index (χ1) is 15.0. The van der Waals surface area contributed by atoms with Crippen LogP contribution in [-0.2, 0) is 5.79 Å². The fraction of sp³-hybridized carbons (Fsp3) is 0.231. The Balaban J connectivity index is 1.26. The fourth-order valence-electron chi connectivity index (χ4n) is 3.93. The summed E-state index contributed by atoms with van der Waals surface area (Å²) in [5.74, 6) is 0.535. The van der Waals surface area contributed by atoms with E-state index in [1.807, 2.05) is 25.1 Å². The molecule has 5 rings (SSSR count). The molecule has 0 saturated carbocycles. The van der Waals surface area contributed by atoms with Gasteiger partial charge in [0.1, 0.15) is 5.82 Å². The monoisotopic (exact) mass is 433 g/mol. The van der Waals surface area contributed by atoms with Crippen molar-refractivity contribution >= 4 is 17.5 Å². The van der Waals surface area contributed by atoms with E-state index in [0.29, 0.717) is 0 Å². The summed E-state index contributed by atoms with van der Waals surface area (Å²) < 4.78 is 27.9. The standard InChI is InChI=1S/C26H24FNO2S/c1-18-3-7-21(8-4-18)26(2)29-24-12-11-23(17-25(24)30-26)31-28-15-13-20(14-16-28)19-5-9-22(27)10-6-19/h3-13,17H,14-16H2,1-2H3. The Morgan fingerprint density at radius 3 is 2.39 bits per heavy atom. The summed E-state index contributed by atoms with van der Waals surface area (Å²) in [5, 5.41) is 0. The maximum Gasteiger partial charge on any atom is 0.275 e. The van der Waals surface area contributed by atoms with E-state index in [9.17, 15) is 4.39 Å². The molecule has 3 nitrogen and oxygen atoms in total. The molecule has 0 amide bonds. The molecule has 2 aliphatic heterocycles. The van der Waals surface area contributed by atoms with Crippen molar-refractivity contribution in [3.8, 4) is 11.5 Å². The predicted octanol–water partition coefficient (Wildman–Crippen LogP) is 6.57. The highest BCUT2D eigenvalue weighted by molar-refractivity contribution is 7.97. The van der Waals surface area contributed by atoms with Gasteiger partial charge in [0, 0.05) is 30.5 Å². The van der Waals surface area contributed by atoms with Crippen molar-refractivity contribution in [1.82, 2.24) is 4.31 Å². The molecule has 31 heavy (non-hydrogen) atoms. The molecular weight excluding hydrogens is 409 g/mol. The van der Waals surface area contributed by atoms with E-state index in [4.69, 9.17) is 9.47 Å². The van der Waals surface area contributed by atoms with Crippen molar-refractivity contribution in [3.63, 3.8) is 0 Å². The highest BCUT2D eigenvalue weighted by atomic mass is 32.2. The van der Waals surface area contributed by atoms with Gasteiger partial charge in [-0.2, -0.15) is 0 Å². The first kappa shape index (κ1) is 20.2. The molecule has 3 aromatic carbocycles. The Kier molecular flexibility index (Phi) is 5.24. The Morgan fingerprint density at radius 2 is 1.68 bits per heavy atom. The zero-order valence-corrected chi connectivity index (χ0v) is 18.4. The number of hydrogen-bond donors (Lipinski definition) is 0. The van der Waals surface area contributed by atoms with E-state index >= 15 is 0 Å². The molecule has 0 fully saturated rings. The minimum Gasteiger partial charge on any atom is -0.445 e. The van der Waals surface area contributed by atoms with Crippen LogP contribution in [-0.4, -0.2) is 17.4 Å². The molecule has 0 spiro atoms. The lowest BCUT2D eigenvalue weighted by molar-refractivity contribution is -0.0680. The van der Waals surface area contributed by atoms with Gasteiger partial charge in [-0.3, -0.25) is 0 Å². The average molecular weight is 434 g/mol. The van der Waals surface area contributed by atoms with Crippen LogP contribution in [0.2, 0.25) is 0 Å². The second-order valence-electron chi connectivity index (χ2n) is 8.09. The first-order valence-corrected chi connectivity index (χ1v) is 11.2. The zero-order valence-electron chi connectivity index (χ0n) is 17.6. The van der Waals surface area contributed by atoms with E-state index in [0.717, 1.165) is 47.0 Å². The Labute approximate surface area is 186 Å². The van der Waals surface area contributed by atoms with Gasteiger partial charge in [0.15, 0.2) is 11.5 Å². The molecule has 0 aliphatic carbocycles. The van der Waals surface area contributed by atoms with Gasteiger partial charge in [-0.05, 0) is 66.8 Å². The molecule has 0 aromatic heterocycles. The lowest BCUT2D eigenvalue weighted by atomic mass is 10.0.